The SMILES string of the molecule is CC1CN(C)CCCN1c1ncc(I)cn1. The zero-order chi connectivity index (χ0) is 11.5. The minimum Gasteiger partial charge on any atom is -0.337 e. The van der Waals surface area contributed by atoms with Gasteiger partial charge in [0.2, 0.25) is 5.95 Å². The lowest BCUT2D eigenvalue weighted by molar-refractivity contribution is 0.337. The number of hydrogen-bond acceptors (Lipinski definition) is 4. The van der Waals surface area contributed by atoms with Gasteiger partial charge in [0.25, 0.3) is 0 Å². The van der Waals surface area contributed by atoms with Crippen molar-refractivity contribution in [1.82, 2.24) is 14.9 Å². The largest absolute Gasteiger partial charge is 0.337 e. The van der Waals surface area contributed by atoms with E-state index in [1.807, 2.05) is 12.4 Å². The van der Waals surface area contributed by atoms with Crippen LogP contribution in [0.5, 0.6) is 0 Å². The second kappa shape index (κ2) is 5.27. The third-order valence-corrected chi connectivity index (χ3v) is 3.47. The average Bonchev–Trinajstić information content (AvgIpc) is 2.41. The Balaban J connectivity index is 2.15. The van der Waals surface area contributed by atoms with Crippen LogP contribution in [0.15, 0.2) is 12.4 Å². The Morgan fingerprint density at radius 3 is 2.69 bits per heavy atom. The van der Waals surface area contributed by atoms with E-state index >= 15 is 0 Å². The van der Waals surface area contributed by atoms with E-state index in [2.05, 4.69) is 56.3 Å². The van der Waals surface area contributed by atoms with E-state index in [-0.39, 0.29) is 0 Å². The lowest BCUT2D eigenvalue weighted by Gasteiger charge is -2.27. The monoisotopic (exact) mass is 332 g/mol. The highest BCUT2D eigenvalue weighted by Gasteiger charge is 2.21. The van der Waals surface area contributed by atoms with E-state index in [9.17, 15) is 0 Å². The van der Waals surface area contributed by atoms with Crippen LogP contribution in [0.25, 0.3) is 0 Å². The van der Waals surface area contributed by atoms with E-state index in [4.69, 9.17) is 0 Å². The molecule has 1 atom stereocenters. The number of nitrogens with zero attached hydrogens (tertiary/aromatic N) is 4. The van der Waals surface area contributed by atoms with Crippen molar-refractivity contribution in [3.05, 3.63) is 16.0 Å². The first-order valence-electron chi connectivity index (χ1n) is 5.59. The number of rotatable bonds is 1. The van der Waals surface area contributed by atoms with Crippen LogP contribution in [0.2, 0.25) is 0 Å². The van der Waals surface area contributed by atoms with Crippen LogP contribution >= 0.6 is 22.6 Å². The molecule has 1 unspecified atom stereocenters. The van der Waals surface area contributed by atoms with Crippen molar-refractivity contribution in [2.45, 2.75) is 19.4 Å². The van der Waals surface area contributed by atoms with Crippen molar-refractivity contribution in [3.63, 3.8) is 0 Å². The van der Waals surface area contributed by atoms with Gasteiger partial charge in [-0.3, -0.25) is 0 Å². The zero-order valence-electron chi connectivity index (χ0n) is 9.73. The fourth-order valence-electron chi connectivity index (χ4n) is 2.12. The lowest BCUT2D eigenvalue weighted by atomic mass is 10.3. The standard InChI is InChI=1S/C11H17IN4/c1-9-8-15(2)4-3-5-16(9)11-13-6-10(12)7-14-11/h6-7,9H,3-5,8H2,1-2H3. The van der Waals surface area contributed by atoms with E-state index < -0.39 is 0 Å². The third-order valence-electron chi connectivity index (χ3n) is 2.91. The Bertz CT molecular complexity index is 340. The van der Waals surface area contributed by atoms with Crippen molar-refractivity contribution in [2.24, 2.45) is 0 Å². The summed E-state index contributed by atoms with van der Waals surface area (Å²) in [6, 6.07) is 0.479. The van der Waals surface area contributed by atoms with Crippen LogP contribution in [0.4, 0.5) is 5.95 Å². The number of hydrogen-bond donors (Lipinski definition) is 0. The molecule has 16 heavy (non-hydrogen) atoms. The number of halogens is 1. The minimum absolute atomic E-state index is 0.479. The highest BCUT2D eigenvalue weighted by molar-refractivity contribution is 14.1. The minimum atomic E-state index is 0.479. The molecule has 0 radical (unpaired) electrons. The maximum atomic E-state index is 4.41. The molecule has 1 aliphatic heterocycles. The van der Waals surface area contributed by atoms with Gasteiger partial charge in [-0.05, 0) is 49.5 Å². The normalized spacial score (nSPS) is 23.2. The van der Waals surface area contributed by atoms with Gasteiger partial charge in [0, 0.05) is 35.1 Å². The van der Waals surface area contributed by atoms with Crippen LogP contribution in [-0.2, 0) is 0 Å². The summed E-state index contributed by atoms with van der Waals surface area (Å²) in [6.45, 7) is 5.52. The molecule has 0 N–H and O–H groups in total. The first-order chi connectivity index (χ1) is 7.66. The molecule has 0 amide bonds. The van der Waals surface area contributed by atoms with E-state index in [1.54, 1.807) is 0 Å². The smallest absolute Gasteiger partial charge is 0.225 e. The summed E-state index contributed by atoms with van der Waals surface area (Å²) in [5.74, 6) is 0.864. The van der Waals surface area contributed by atoms with E-state index in [0.29, 0.717) is 6.04 Å². The molecule has 0 bridgehead atoms. The molecular formula is C11H17IN4. The summed E-state index contributed by atoms with van der Waals surface area (Å²) < 4.78 is 1.08. The molecule has 0 aliphatic carbocycles. The highest BCUT2D eigenvalue weighted by Crippen LogP contribution is 2.15. The van der Waals surface area contributed by atoms with Gasteiger partial charge in [-0.15, -0.1) is 0 Å². The fourth-order valence-corrected chi connectivity index (χ4v) is 2.40. The molecule has 0 spiro atoms. The maximum Gasteiger partial charge on any atom is 0.225 e. The Kier molecular flexibility index (Phi) is 3.96. The fraction of sp³-hybridized carbons (Fsp3) is 0.636. The van der Waals surface area contributed by atoms with Crippen molar-refractivity contribution in [1.29, 1.82) is 0 Å². The molecule has 1 aliphatic rings. The van der Waals surface area contributed by atoms with Gasteiger partial charge in [-0.1, -0.05) is 0 Å². The van der Waals surface area contributed by atoms with Gasteiger partial charge in [-0.25, -0.2) is 9.97 Å². The molecule has 2 rings (SSSR count). The first-order valence-corrected chi connectivity index (χ1v) is 6.67. The Morgan fingerprint density at radius 1 is 1.31 bits per heavy atom. The Labute approximate surface area is 110 Å². The van der Waals surface area contributed by atoms with Crippen LogP contribution in [-0.4, -0.2) is 47.6 Å². The summed E-state index contributed by atoms with van der Waals surface area (Å²) in [6.07, 6.45) is 4.94. The quantitative estimate of drug-likeness (QED) is 0.732. The van der Waals surface area contributed by atoms with Crippen molar-refractivity contribution >= 4 is 28.5 Å². The van der Waals surface area contributed by atoms with Gasteiger partial charge in [0.1, 0.15) is 0 Å². The molecule has 4 nitrogen and oxygen atoms in total. The molecule has 0 aromatic carbocycles. The zero-order valence-corrected chi connectivity index (χ0v) is 11.9. The van der Waals surface area contributed by atoms with Crippen molar-refractivity contribution < 1.29 is 0 Å². The average molecular weight is 332 g/mol. The second-order valence-corrected chi connectivity index (χ2v) is 5.61. The first kappa shape index (κ1) is 12.0. The second-order valence-electron chi connectivity index (χ2n) is 4.36. The molecular weight excluding hydrogens is 315 g/mol. The van der Waals surface area contributed by atoms with Gasteiger partial charge in [-0.2, -0.15) is 0 Å². The van der Waals surface area contributed by atoms with Gasteiger partial charge >= 0.3 is 0 Å². The Hall–Kier alpha value is -0.430. The molecule has 1 fully saturated rings. The highest BCUT2D eigenvalue weighted by atomic mass is 127. The van der Waals surface area contributed by atoms with Gasteiger partial charge in [0.05, 0.1) is 0 Å². The van der Waals surface area contributed by atoms with Gasteiger partial charge < -0.3 is 9.80 Å². The molecule has 1 aromatic rings. The molecule has 1 saturated heterocycles. The van der Waals surface area contributed by atoms with Crippen LogP contribution < -0.4 is 4.90 Å². The van der Waals surface area contributed by atoms with Crippen LogP contribution in [0, 0.1) is 3.57 Å². The van der Waals surface area contributed by atoms with Crippen LogP contribution in [0.3, 0.4) is 0 Å². The van der Waals surface area contributed by atoms with Crippen molar-refractivity contribution in [2.75, 3.05) is 31.6 Å². The predicted octanol–water partition coefficient (Wildman–Crippen LogP) is 1.61. The number of anilines is 1. The summed E-state index contributed by atoms with van der Waals surface area (Å²) in [5.41, 5.74) is 0. The molecule has 2 heterocycles. The summed E-state index contributed by atoms with van der Waals surface area (Å²) in [4.78, 5) is 13.5. The maximum absolute atomic E-state index is 4.41. The molecule has 88 valence electrons. The molecule has 0 saturated carbocycles. The van der Waals surface area contributed by atoms with Crippen LogP contribution in [0.1, 0.15) is 13.3 Å². The lowest BCUT2D eigenvalue weighted by Crippen LogP contribution is -2.38. The number of likely N-dealkylation sites (N-methyl/N-ethyl adjacent to an activating group) is 1. The molecule has 5 heteroatoms. The van der Waals surface area contributed by atoms with E-state index in [0.717, 1.165) is 29.2 Å². The third kappa shape index (κ3) is 2.82. The molecule has 1 aromatic heterocycles. The van der Waals surface area contributed by atoms with Gasteiger partial charge in [0.15, 0.2) is 0 Å². The Morgan fingerprint density at radius 2 is 2.00 bits per heavy atom. The summed E-state index contributed by atoms with van der Waals surface area (Å²) in [5, 5.41) is 0. The topological polar surface area (TPSA) is 32.3 Å². The van der Waals surface area contributed by atoms with Crippen molar-refractivity contribution in [3.8, 4) is 0 Å². The summed E-state index contributed by atoms with van der Waals surface area (Å²) in [7, 11) is 2.18. The number of aromatic nitrogens is 2. The predicted molar refractivity (Wildman–Crippen MR) is 73.7 cm³/mol. The summed E-state index contributed by atoms with van der Waals surface area (Å²) >= 11 is 2.23. The van der Waals surface area contributed by atoms with E-state index in [1.165, 1.54) is 6.42 Å².